The van der Waals surface area contributed by atoms with Crippen molar-refractivity contribution in [2.24, 2.45) is 0 Å². The number of halogens is 2. The molecule has 0 saturated carbocycles. The van der Waals surface area contributed by atoms with E-state index in [1.165, 1.54) is 0 Å². The molecule has 1 aromatic carbocycles. The van der Waals surface area contributed by atoms with Crippen molar-refractivity contribution in [2.75, 3.05) is 31.5 Å². The Labute approximate surface area is 165 Å². The summed E-state index contributed by atoms with van der Waals surface area (Å²) in [6.45, 7) is 2.30. The molecule has 2 heterocycles. The minimum atomic E-state index is -0.251. The number of nitrogens with one attached hydrogen (secondary N) is 2. The number of carbonyl (C=O) groups is 1. The molecule has 1 saturated heterocycles. The summed E-state index contributed by atoms with van der Waals surface area (Å²) in [4.78, 5) is 18.3. The first-order valence-electron chi connectivity index (χ1n) is 8.27. The number of hydrogen-bond donors (Lipinski definition) is 2. The summed E-state index contributed by atoms with van der Waals surface area (Å²) >= 11 is 0. The van der Waals surface area contributed by atoms with Gasteiger partial charge in [0.15, 0.2) is 0 Å². The van der Waals surface area contributed by atoms with Crippen LogP contribution < -0.4 is 10.6 Å². The Kier molecular flexibility index (Phi) is 9.14. The predicted octanol–water partition coefficient (Wildman–Crippen LogP) is 2.59. The number of aromatic nitrogens is 1. The highest BCUT2D eigenvalue weighted by atomic mass is 35.5. The van der Waals surface area contributed by atoms with Gasteiger partial charge in [-0.3, -0.25) is 4.79 Å². The van der Waals surface area contributed by atoms with Gasteiger partial charge in [0.05, 0.1) is 18.1 Å². The van der Waals surface area contributed by atoms with E-state index in [9.17, 15) is 4.79 Å². The number of nitrogens with zero attached hydrogens (tertiary/aromatic N) is 3. The van der Waals surface area contributed by atoms with Gasteiger partial charge >= 0.3 is 0 Å². The minimum Gasteiger partial charge on any atom is -0.369 e. The third-order valence-corrected chi connectivity index (χ3v) is 4.20. The van der Waals surface area contributed by atoms with Crippen molar-refractivity contribution in [3.8, 4) is 6.07 Å². The second kappa shape index (κ2) is 10.8. The maximum absolute atomic E-state index is 12.1. The van der Waals surface area contributed by atoms with Crippen molar-refractivity contribution in [1.82, 2.24) is 15.2 Å². The van der Waals surface area contributed by atoms with Crippen molar-refractivity contribution >= 4 is 47.4 Å². The molecule has 26 heavy (non-hydrogen) atoms. The number of nitriles is 1. The number of anilines is 1. The van der Waals surface area contributed by atoms with Crippen LogP contribution in [0.3, 0.4) is 0 Å². The van der Waals surface area contributed by atoms with Crippen LogP contribution in [0.5, 0.6) is 0 Å². The Bertz CT molecular complexity index is 765. The third-order valence-electron chi connectivity index (χ3n) is 4.20. The molecular formula is C18H23Cl2N5O. The van der Waals surface area contributed by atoms with Crippen LogP contribution in [0.15, 0.2) is 36.4 Å². The molecule has 1 unspecified atom stereocenters. The van der Waals surface area contributed by atoms with Crippen LogP contribution in [0.25, 0.3) is 10.9 Å². The van der Waals surface area contributed by atoms with Gasteiger partial charge in [-0.25, -0.2) is 4.98 Å². The summed E-state index contributed by atoms with van der Waals surface area (Å²) in [5.41, 5.74) is 0.960. The van der Waals surface area contributed by atoms with Crippen molar-refractivity contribution in [3.05, 3.63) is 36.4 Å². The summed E-state index contributed by atoms with van der Waals surface area (Å²) < 4.78 is 0. The highest BCUT2D eigenvalue weighted by Crippen LogP contribution is 2.16. The molecule has 0 bridgehead atoms. The van der Waals surface area contributed by atoms with Crippen LogP contribution in [0, 0.1) is 11.3 Å². The maximum atomic E-state index is 12.1. The van der Waals surface area contributed by atoms with Crippen molar-refractivity contribution in [1.29, 1.82) is 5.26 Å². The maximum Gasteiger partial charge on any atom is 0.237 e. The number of amides is 1. The van der Waals surface area contributed by atoms with E-state index in [-0.39, 0.29) is 43.3 Å². The lowest BCUT2D eigenvalue weighted by molar-refractivity contribution is -0.130. The van der Waals surface area contributed by atoms with Crippen LogP contribution in [0.2, 0.25) is 0 Å². The highest BCUT2D eigenvalue weighted by molar-refractivity contribution is 5.85. The number of pyridine rings is 1. The zero-order valence-corrected chi connectivity index (χ0v) is 16.0. The first-order valence-corrected chi connectivity index (χ1v) is 8.27. The van der Waals surface area contributed by atoms with E-state index in [0.717, 1.165) is 29.6 Å². The van der Waals surface area contributed by atoms with E-state index < -0.39 is 0 Å². The molecule has 3 rings (SSSR count). The van der Waals surface area contributed by atoms with Crippen molar-refractivity contribution in [2.45, 2.75) is 18.9 Å². The molecule has 1 atom stereocenters. The average molecular weight is 396 g/mol. The van der Waals surface area contributed by atoms with Crippen molar-refractivity contribution in [3.63, 3.8) is 0 Å². The fourth-order valence-corrected chi connectivity index (χ4v) is 2.94. The summed E-state index contributed by atoms with van der Waals surface area (Å²) in [6.07, 6.45) is 1.70. The fraction of sp³-hybridized carbons (Fsp3) is 0.389. The number of benzene rings is 1. The molecule has 140 valence electrons. The van der Waals surface area contributed by atoms with Crippen LogP contribution in [-0.2, 0) is 4.79 Å². The Morgan fingerprint density at radius 2 is 2.04 bits per heavy atom. The molecule has 1 aromatic heterocycles. The van der Waals surface area contributed by atoms with Crippen LogP contribution in [0.4, 0.5) is 5.82 Å². The van der Waals surface area contributed by atoms with Crippen molar-refractivity contribution < 1.29 is 4.79 Å². The topological polar surface area (TPSA) is 81.0 Å². The monoisotopic (exact) mass is 395 g/mol. The van der Waals surface area contributed by atoms with E-state index in [2.05, 4.69) is 21.7 Å². The zero-order chi connectivity index (χ0) is 16.8. The van der Waals surface area contributed by atoms with E-state index in [0.29, 0.717) is 19.6 Å². The number of para-hydroxylation sites is 1. The zero-order valence-electron chi connectivity index (χ0n) is 14.4. The molecular weight excluding hydrogens is 373 g/mol. The average Bonchev–Trinajstić information content (AvgIpc) is 3.10. The fourth-order valence-electron chi connectivity index (χ4n) is 2.94. The van der Waals surface area contributed by atoms with Gasteiger partial charge in [-0.05, 0) is 31.0 Å². The Morgan fingerprint density at radius 3 is 2.85 bits per heavy atom. The molecule has 1 amide bonds. The summed E-state index contributed by atoms with van der Waals surface area (Å²) in [5, 5.41) is 16.5. The Morgan fingerprint density at radius 1 is 1.23 bits per heavy atom. The molecule has 1 fully saturated rings. The Hall–Kier alpha value is -2.07. The first-order chi connectivity index (χ1) is 11.8. The van der Waals surface area contributed by atoms with Gasteiger partial charge in [0, 0.05) is 25.0 Å². The standard InChI is InChI=1S/C18H21N5O.2ClH/c19-12-15-5-3-11-23(15)18(24)13-20-9-10-21-17-8-7-14-4-1-2-6-16(14)22-17;;/h1-2,4,6-8,15,20H,3,5,9-11,13H2,(H,21,22);2*1H. The number of hydrogen-bond acceptors (Lipinski definition) is 5. The van der Waals surface area contributed by atoms with Crippen LogP contribution in [0.1, 0.15) is 12.8 Å². The van der Waals surface area contributed by atoms with Gasteiger partial charge in [-0.2, -0.15) is 5.26 Å². The molecule has 0 radical (unpaired) electrons. The first kappa shape index (κ1) is 22.0. The summed E-state index contributed by atoms with van der Waals surface area (Å²) in [5.74, 6) is 0.828. The lowest BCUT2D eigenvalue weighted by Crippen LogP contribution is -2.41. The smallest absolute Gasteiger partial charge is 0.237 e. The minimum absolute atomic E-state index is 0. The van der Waals surface area contributed by atoms with Gasteiger partial charge in [0.2, 0.25) is 5.91 Å². The lowest BCUT2D eigenvalue weighted by atomic mass is 10.2. The molecule has 0 aliphatic carbocycles. The molecule has 0 spiro atoms. The number of likely N-dealkylation sites (tertiary alicyclic amines) is 1. The SMILES string of the molecule is Cl.Cl.N#CC1CCCN1C(=O)CNCCNc1ccc2ccccc2n1. The number of carbonyl (C=O) groups excluding carboxylic acids is 1. The number of fused-ring (bicyclic) bond motifs is 1. The van der Waals surface area contributed by atoms with E-state index in [1.54, 1.807) is 4.90 Å². The van der Waals surface area contributed by atoms with Gasteiger partial charge in [0.25, 0.3) is 0 Å². The van der Waals surface area contributed by atoms with Crippen LogP contribution in [-0.4, -0.2) is 48.0 Å². The normalized spacial score (nSPS) is 15.7. The Balaban J connectivity index is 0.00000169. The van der Waals surface area contributed by atoms with Gasteiger partial charge < -0.3 is 15.5 Å². The molecule has 1 aliphatic heterocycles. The van der Waals surface area contributed by atoms with E-state index in [1.807, 2.05) is 36.4 Å². The summed E-state index contributed by atoms with van der Waals surface area (Å²) in [7, 11) is 0. The summed E-state index contributed by atoms with van der Waals surface area (Å²) in [6, 6.07) is 13.9. The lowest BCUT2D eigenvalue weighted by Gasteiger charge is -2.19. The third kappa shape index (κ3) is 5.46. The predicted molar refractivity (Wildman–Crippen MR) is 108 cm³/mol. The molecule has 1 aliphatic rings. The number of rotatable bonds is 6. The molecule has 8 heteroatoms. The quantitative estimate of drug-likeness (QED) is 0.734. The van der Waals surface area contributed by atoms with Crippen LogP contribution >= 0.6 is 24.8 Å². The van der Waals surface area contributed by atoms with Gasteiger partial charge in [0.1, 0.15) is 11.9 Å². The van der Waals surface area contributed by atoms with E-state index >= 15 is 0 Å². The molecule has 6 nitrogen and oxygen atoms in total. The second-order valence-electron chi connectivity index (χ2n) is 5.87. The highest BCUT2D eigenvalue weighted by Gasteiger charge is 2.27. The molecule has 2 aromatic rings. The van der Waals surface area contributed by atoms with Gasteiger partial charge in [-0.15, -0.1) is 24.8 Å². The van der Waals surface area contributed by atoms with Gasteiger partial charge in [-0.1, -0.05) is 18.2 Å². The largest absolute Gasteiger partial charge is 0.369 e. The van der Waals surface area contributed by atoms with E-state index in [4.69, 9.17) is 5.26 Å². The second-order valence-corrected chi connectivity index (χ2v) is 5.87. The molecule has 2 N–H and O–H groups in total.